The first-order valence-corrected chi connectivity index (χ1v) is 6.54. The Labute approximate surface area is 117 Å². The molecule has 0 saturated carbocycles. The third-order valence-electron chi connectivity index (χ3n) is 3.34. The van der Waals surface area contributed by atoms with Gasteiger partial charge in [0.15, 0.2) is 11.6 Å². The Morgan fingerprint density at radius 2 is 1.75 bits per heavy atom. The van der Waals surface area contributed by atoms with Crippen LogP contribution in [0, 0.1) is 18.6 Å². The highest BCUT2D eigenvalue weighted by Crippen LogP contribution is 2.15. The topological polar surface area (TPSA) is 38.0 Å². The molecule has 0 radical (unpaired) electrons. The van der Waals surface area contributed by atoms with E-state index in [1.807, 2.05) is 31.2 Å². The molecule has 2 rings (SSSR count). The van der Waals surface area contributed by atoms with Crippen LogP contribution >= 0.6 is 0 Å². The van der Waals surface area contributed by atoms with E-state index in [2.05, 4.69) is 5.43 Å². The van der Waals surface area contributed by atoms with Gasteiger partial charge in [-0.05, 0) is 37.0 Å². The molecule has 0 saturated heterocycles. The zero-order valence-electron chi connectivity index (χ0n) is 11.4. The summed E-state index contributed by atoms with van der Waals surface area (Å²) in [5, 5.41) is 0. The van der Waals surface area contributed by atoms with Gasteiger partial charge in [-0.1, -0.05) is 42.0 Å². The van der Waals surface area contributed by atoms with Gasteiger partial charge in [-0.15, -0.1) is 0 Å². The zero-order valence-corrected chi connectivity index (χ0v) is 11.4. The molecule has 2 aromatic carbocycles. The third kappa shape index (κ3) is 3.62. The molecule has 0 spiro atoms. The molecule has 106 valence electrons. The molecule has 2 nitrogen and oxygen atoms in total. The lowest BCUT2D eigenvalue weighted by Crippen LogP contribution is -2.38. The standard InChI is InChI=1S/C16H18F2N2/c1-11-5-7-12(8-6-11)9-14(20-19)10-13-3-2-4-15(17)16(13)18/h2-8,14,20H,9-10,19H2,1H3. The van der Waals surface area contributed by atoms with E-state index in [0.29, 0.717) is 18.4 Å². The average Bonchev–Trinajstić information content (AvgIpc) is 2.45. The maximum atomic E-state index is 13.6. The molecule has 0 aliphatic heterocycles. The summed E-state index contributed by atoms with van der Waals surface area (Å²) in [6, 6.07) is 12.1. The van der Waals surface area contributed by atoms with Gasteiger partial charge in [0.1, 0.15) is 0 Å². The summed E-state index contributed by atoms with van der Waals surface area (Å²) >= 11 is 0. The maximum Gasteiger partial charge on any atom is 0.162 e. The van der Waals surface area contributed by atoms with Crippen molar-refractivity contribution in [1.82, 2.24) is 5.43 Å². The van der Waals surface area contributed by atoms with Crippen LogP contribution in [0.25, 0.3) is 0 Å². The molecule has 0 heterocycles. The van der Waals surface area contributed by atoms with E-state index in [1.54, 1.807) is 6.07 Å². The number of hydrogen-bond donors (Lipinski definition) is 2. The smallest absolute Gasteiger partial charge is 0.162 e. The first-order valence-electron chi connectivity index (χ1n) is 6.54. The second kappa shape index (κ2) is 6.59. The molecule has 0 aliphatic carbocycles. The minimum atomic E-state index is -0.825. The Hall–Kier alpha value is -1.78. The highest BCUT2D eigenvalue weighted by molar-refractivity contribution is 5.24. The molecule has 2 aromatic rings. The van der Waals surface area contributed by atoms with E-state index in [-0.39, 0.29) is 6.04 Å². The van der Waals surface area contributed by atoms with Crippen LogP contribution in [0.3, 0.4) is 0 Å². The highest BCUT2D eigenvalue weighted by atomic mass is 19.2. The van der Waals surface area contributed by atoms with Crippen molar-refractivity contribution in [1.29, 1.82) is 0 Å². The first-order chi connectivity index (χ1) is 9.60. The molecule has 0 fully saturated rings. The van der Waals surface area contributed by atoms with Gasteiger partial charge in [0, 0.05) is 6.04 Å². The molecule has 0 bridgehead atoms. The lowest BCUT2D eigenvalue weighted by molar-refractivity contribution is 0.474. The number of hydrazine groups is 1. The minimum absolute atomic E-state index is 0.144. The summed E-state index contributed by atoms with van der Waals surface area (Å²) in [6.07, 6.45) is 1.00. The monoisotopic (exact) mass is 276 g/mol. The summed E-state index contributed by atoms with van der Waals surface area (Å²) in [7, 11) is 0. The van der Waals surface area contributed by atoms with Gasteiger partial charge in [-0.2, -0.15) is 0 Å². The first kappa shape index (κ1) is 14.6. The van der Waals surface area contributed by atoms with Crippen LogP contribution in [-0.2, 0) is 12.8 Å². The molecule has 0 aromatic heterocycles. The Balaban J connectivity index is 2.09. The van der Waals surface area contributed by atoms with Gasteiger partial charge >= 0.3 is 0 Å². The Kier molecular flexibility index (Phi) is 4.82. The summed E-state index contributed by atoms with van der Waals surface area (Å²) in [5.41, 5.74) is 5.29. The normalized spacial score (nSPS) is 12.4. The van der Waals surface area contributed by atoms with E-state index < -0.39 is 11.6 Å². The number of aryl methyl sites for hydroxylation is 1. The molecular formula is C16H18F2N2. The van der Waals surface area contributed by atoms with Crippen LogP contribution in [0.1, 0.15) is 16.7 Å². The van der Waals surface area contributed by atoms with Crippen molar-refractivity contribution in [2.24, 2.45) is 5.84 Å². The molecule has 4 heteroatoms. The molecule has 3 N–H and O–H groups in total. The number of halogens is 2. The van der Waals surface area contributed by atoms with E-state index in [0.717, 1.165) is 11.6 Å². The predicted octanol–water partition coefficient (Wildman–Crippen LogP) is 2.89. The van der Waals surface area contributed by atoms with Crippen molar-refractivity contribution in [2.45, 2.75) is 25.8 Å². The van der Waals surface area contributed by atoms with Gasteiger partial charge < -0.3 is 0 Å². The van der Waals surface area contributed by atoms with Crippen molar-refractivity contribution >= 4 is 0 Å². The lowest BCUT2D eigenvalue weighted by atomic mass is 9.98. The second-order valence-electron chi connectivity index (χ2n) is 4.97. The molecule has 1 atom stereocenters. The Morgan fingerprint density at radius 3 is 2.40 bits per heavy atom. The number of nitrogens with two attached hydrogens (primary N) is 1. The van der Waals surface area contributed by atoms with Crippen molar-refractivity contribution in [3.63, 3.8) is 0 Å². The zero-order chi connectivity index (χ0) is 14.5. The van der Waals surface area contributed by atoms with Crippen LogP contribution < -0.4 is 11.3 Å². The summed E-state index contributed by atoms with van der Waals surface area (Å²) in [6.45, 7) is 2.02. The van der Waals surface area contributed by atoms with E-state index in [9.17, 15) is 8.78 Å². The number of rotatable bonds is 5. The molecule has 0 aliphatic rings. The van der Waals surface area contributed by atoms with Crippen molar-refractivity contribution in [3.05, 3.63) is 70.8 Å². The third-order valence-corrected chi connectivity index (χ3v) is 3.34. The van der Waals surface area contributed by atoms with Gasteiger partial charge in [0.2, 0.25) is 0 Å². The summed E-state index contributed by atoms with van der Waals surface area (Å²) < 4.78 is 26.8. The van der Waals surface area contributed by atoms with Gasteiger partial charge in [0.05, 0.1) is 0 Å². The number of hydrogen-bond acceptors (Lipinski definition) is 2. The van der Waals surface area contributed by atoms with E-state index in [1.165, 1.54) is 11.6 Å². The Bertz CT molecular complexity index is 567. The predicted molar refractivity (Wildman–Crippen MR) is 76.1 cm³/mol. The van der Waals surface area contributed by atoms with E-state index in [4.69, 9.17) is 5.84 Å². The van der Waals surface area contributed by atoms with Crippen LogP contribution in [0.5, 0.6) is 0 Å². The van der Waals surface area contributed by atoms with Crippen LogP contribution in [-0.4, -0.2) is 6.04 Å². The van der Waals surface area contributed by atoms with Crippen molar-refractivity contribution < 1.29 is 8.78 Å². The molecule has 0 amide bonds. The quantitative estimate of drug-likeness (QED) is 0.651. The maximum absolute atomic E-state index is 13.6. The molecule has 1 unspecified atom stereocenters. The van der Waals surface area contributed by atoms with Gasteiger partial charge in [0.25, 0.3) is 0 Å². The minimum Gasteiger partial charge on any atom is -0.271 e. The Morgan fingerprint density at radius 1 is 1.05 bits per heavy atom. The number of nitrogens with one attached hydrogen (secondary N) is 1. The van der Waals surface area contributed by atoms with Crippen molar-refractivity contribution in [2.75, 3.05) is 0 Å². The van der Waals surface area contributed by atoms with Crippen LogP contribution in [0.15, 0.2) is 42.5 Å². The van der Waals surface area contributed by atoms with Crippen LogP contribution in [0.4, 0.5) is 8.78 Å². The lowest BCUT2D eigenvalue weighted by Gasteiger charge is -2.16. The largest absolute Gasteiger partial charge is 0.271 e. The fourth-order valence-electron chi connectivity index (χ4n) is 2.17. The fraction of sp³-hybridized carbons (Fsp3) is 0.250. The van der Waals surface area contributed by atoms with Crippen LogP contribution in [0.2, 0.25) is 0 Å². The fourth-order valence-corrected chi connectivity index (χ4v) is 2.17. The molecule has 20 heavy (non-hydrogen) atoms. The van der Waals surface area contributed by atoms with E-state index >= 15 is 0 Å². The second-order valence-corrected chi connectivity index (χ2v) is 4.97. The number of benzene rings is 2. The summed E-state index contributed by atoms with van der Waals surface area (Å²) in [4.78, 5) is 0. The summed E-state index contributed by atoms with van der Waals surface area (Å²) in [5.74, 6) is 3.90. The average molecular weight is 276 g/mol. The van der Waals surface area contributed by atoms with Gasteiger partial charge in [-0.3, -0.25) is 11.3 Å². The SMILES string of the molecule is Cc1ccc(CC(Cc2cccc(F)c2F)NN)cc1. The van der Waals surface area contributed by atoms with Gasteiger partial charge in [-0.25, -0.2) is 8.78 Å². The molecular weight excluding hydrogens is 258 g/mol. The highest BCUT2D eigenvalue weighted by Gasteiger charge is 2.14. The van der Waals surface area contributed by atoms with Crippen molar-refractivity contribution in [3.8, 4) is 0 Å².